The Morgan fingerprint density at radius 2 is 1.96 bits per heavy atom. The molecule has 1 aromatic carbocycles. The van der Waals surface area contributed by atoms with Crippen LogP contribution in [0.1, 0.15) is 18.4 Å². The largest absolute Gasteiger partial charge is 0.396 e. The second-order valence-corrected chi connectivity index (χ2v) is 8.61. The fourth-order valence-electron chi connectivity index (χ4n) is 2.97. The molecule has 8 nitrogen and oxygen atoms in total. The third-order valence-electron chi connectivity index (χ3n) is 4.72. The Labute approximate surface area is 184 Å². The second kappa shape index (κ2) is 11.9. The van der Waals surface area contributed by atoms with Crippen LogP contribution in [0.3, 0.4) is 0 Å². The van der Waals surface area contributed by atoms with Gasteiger partial charge in [-0.2, -0.15) is 0 Å². The molecule has 1 unspecified atom stereocenters. The van der Waals surface area contributed by atoms with Crippen molar-refractivity contribution >= 4 is 40.0 Å². The lowest BCUT2D eigenvalue weighted by atomic mass is 9.84. The lowest BCUT2D eigenvalue weighted by molar-refractivity contribution is 0.127. The maximum atomic E-state index is 12.2. The van der Waals surface area contributed by atoms with Crippen molar-refractivity contribution in [3.8, 4) is 0 Å². The number of halogens is 1. The Morgan fingerprint density at radius 1 is 1.25 bits per heavy atom. The van der Waals surface area contributed by atoms with E-state index in [9.17, 15) is 13.5 Å². The van der Waals surface area contributed by atoms with E-state index in [4.69, 9.17) is 4.74 Å². The Balaban J connectivity index is 0.00000392. The molecule has 1 atom stereocenters. The molecule has 10 heteroatoms. The lowest BCUT2D eigenvalue weighted by Gasteiger charge is -2.27. The SMILES string of the molecule is CN=C(NCCNS(=O)(=O)c1ccc(C)cc1)NCC1(CCO)CCOC1.I. The maximum Gasteiger partial charge on any atom is 0.240 e. The first-order valence-electron chi connectivity index (χ1n) is 9.10. The topological polar surface area (TPSA) is 112 Å². The molecule has 0 aromatic heterocycles. The number of rotatable bonds is 9. The molecule has 28 heavy (non-hydrogen) atoms. The van der Waals surface area contributed by atoms with Crippen molar-refractivity contribution < 1.29 is 18.3 Å². The van der Waals surface area contributed by atoms with Crippen LogP contribution in [0.25, 0.3) is 0 Å². The average molecular weight is 526 g/mol. The van der Waals surface area contributed by atoms with Crippen molar-refractivity contribution in [3.05, 3.63) is 29.8 Å². The number of aliphatic hydroxyl groups excluding tert-OH is 1. The number of aliphatic imine (C=N–C) groups is 1. The summed E-state index contributed by atoms with van der Waals surface area (Å²) in [7, 11) is -1.86. The number of sulfonamides is 1. The minimum atomic E-state index is -3.52. The van der Waals surface area contributed by atoms with Crippen molar-refractivity contribution in [2.75, 3.05) is 46.5 Å². The molecule has 0 spiro atoms. The van der Waals surface area contributed by atoms with Crippen LogP contribution in [0.15, 0.2) is 34.2 Å². The molecule has 0 bridgehead atoms. The molecule has 160 valence electrons. The first-order valence-corrected chi connectivity index (χ1v) is 10.6. The Kier molecular flexibility index (Phi) is 10.7. The van der Waals surface area contributed by atoms with Crippen LogP contribution in [-0.2, 0) is 14.8 Å². The highest BCUT2D eigenvalue weighted by Crippen LogP contribution is 2.31. The van der Waals surface area contributed by atoms with Crippen LogP contribution >= 0.6 is 24.0 Å². The normalized spacial score (nSPS) is 19.9. The zero-order chi connectivity index (χ0) is 19.8. The van der Waals surface area contributed by atoms with Crippen LogP contribution in [0.2, 0.25) is 0 Å². The van der Waals surface area contributed by atoms with E-state index < -0.39 is 10.0 Å². The van der Waals surface area contributed by atoms with E-state index in [1.807, 2.05) is 6.92 Å². The second-order valence-electron chi connectivity index (χ2n) is 6.84. The summed E-state index contributed by atoms with van der Waals surface area (Å²) in [6.45, 7) is 4.63. The monoisotopic (exact) mass is 526 g/mol. The van der Waals surface area contributed by atoms with Gasteiger partial charge in [-0.3, -0.25) is 4.99 Å². The van der Waals surface area contributed by atoms with Crippen LogP contribution < -0.4 is 15.4 Å². The zero-order valence-corrected chi connectivity index (χ0v) is 19.5. The van der Waals surface area contributed by atoms with E-state index in [-0.39, 0.29) is 47.4 Å². The van der Waals surface area contributed by atoms with Crippen LogP contribution in [0.4, 0.5) is 0 Å². The van der Waals surface area contributed by atoms with E-state index in [1.165, 1.54) is 0 Å². The minimum absolute atomic E-state index is 0. The highest BCUT2D eigenvalue weighted by molar-refractivity contribution is 14.0. The highest BCUT2D eigenvalue weighted by atomic mass is 127. The number of nitrogens with one attached hydrogen (secondary N) is 3. The molecular formula is C18H31IN4O4S. The van der Waals surface area contributed by atoms with Crippen LogP contribution in [0.5, 0.6) is 0 Å². The standard InChI is InChI=1S/C18H30N4O4S.HI/c1-15-3-5-16(6-4-15)27(24,25)22-10-9-20-17(19-2)21-13-18(7-11-23)8-12-26-14-18;/h3-6,22-23H,7-14H2,1-2H3,(H2,19,20,21);1H. The number of nitrogens with zero attached hydrogens (tertiary/aromatic N) is 1. The first-order chi connectivity index (χ1) is 12.9. The molecule has 1 fully saturated rings. The number of aliphatic hydroxyl groups is 1. The molecule has 1 aliphatic rings. The fourth-order valence-corrected chi connectivity index (χ4v) is 4.00. The maximum absolute atomic E-state index is 12.2. The summed E-state index contributed by atoms with van der Waals surface area (Å²) >= 11 is 0. The van der Waals surface area contributed by atoms with Crippen LogP contribution in [-0.4, -0.2) is 66.0 Å². The first kappa shape index (κ1) is 25.1. The smallest absolute Gasteiger partial charge is 0.240 e. The van der Waals surface area contributed by atoms with Crippen molar-refractivity contribution in [2.45, 2.75) is 24.7 Å². The van der Waals surface area contributed by atoms with Gasteiger partial charge in [-0.25, -0.2) is 13.1 Å². The number of ether oxygens (including phenoxy) is 1. The van der Waals surface area contributed by atoms with Gasteiger partial charge in [0.25, 0.3) is 0 Å². The molecule has 4 N–H and O–H groups in total. The third kappa shape index (κ3) is 7.47. The Bertz CT molecular complexity index is 720. The molecule has 1 heterocycles. The summed E-state index contributed by atoms with van der Waals surface area (Å²) in [5.74, 6) is 0.591. The van der Waals surface area contributed by atoms with Gasteiger partial charge in [0.05, 0.1) is 11.5 Å². The predicted octanol–water partition coefficient (Wildman–Crippen LogP) is 0.845. The predicted molar refractivity (Wildman–Crippen MR) is 121 cm³/mol. The van der Waals surface area contributed by atoms with Gasteiger partial charge in [0.1, 0.15) is 0 Å². The van der Waals surface area contributed by atoms with E-state index in [0.29, 0.717) is 38.7 Å². The van der Waals surface area contributed by atoms with E-state index >= 15 is 0 Å². The fraction of sp³-hybridized carbons (Fsp3) is 0.611. The molecule has 1 saturated heterocycles. The zero-order valence-electron chi connectivity index (χ0n) is 16.4. The molecule has 0 aliphatic carbocycles. The van der Waals surface area contributed by atoms with Crippen molar-refractivity contribution in [1.29, 1.82) is 0 Å². The summed E-state index contributed by atoms with van der Waals surface area (Å²) in [6, 6.07) is 6.73. The van der Waals surface area contributed by atoms with Gasteiger partial charge < -0.3 is 20.5 Å². The van der Waals surface area contributed by atoms with E-state index in [0.717, 1.165) is 12.0 Å². The van der Waals surface area contributed by atoms with Gasteiger partial charge in [0, 0.05) is 45.3 Å². The number of hydrogen-bond acceptors (Lipinski definition) is 5. The quantitative estimate of drug-likeness (QED) is 0.164. The number of benzene rings is 1. The Morgan fingerprint density at radius 3 is 2.54 bits per heavy atom. The lowest BCUT2D eigenvalue weighted by Crippen LogP contribution is -2.46. The molecule has 0 amide bonds. The number of hydrogen-bond donors (Lipinski definition) is 4. The van der Waals surface area contributed by atoms with Crippen molar-refractivity contribution in [3.63, 3.8) is 0 Å². The van der Waals surface area contributed by atoms with E-state index in [2.05, 4.69) is 20.3 Å². The molecule has 2 rings (SSSR count). The summed E-state index contributed by atoms with van der Waals surface area (Å²) in [4.78, 5) is 4.41. The van der Waals surface area contributed by atoms with Gasteiger partial charge in [-0.05, 0) is 31.9 Å². The molecule has 0 radical (unpaired) electrons. The summed E-state index contributed by atoms with van der Waals surface area (Å²) in [6.07, 6.45) is 1.57. The summed E-state index contributed by atoms with van der Waals surface area (Å²) < 4.78 is 32.5. The minimum Gasteiger partial charge on any atom is -0.396 e. The highest BCUT2D eigenvalue weighted by Gasteiger charge is 2.34. The van der Waals surface area contributed by atoms with Gasteiger partial charge >= 0.3 is 0 Å². The molecule has 1 aliphatic heterocycles. The molecule has 0 saturated carbocycles. The molecular weight excluding hydrogens is 495 g/mol. The Hall–Kier alpha value is -0.950. The average Bonchev–Trinajstić information content (AvgIpc) is 3.10. The van der Waals surface area contributed by atoms with E-state index in [1.54, 1.807) is 31.3 Å². The van der Waals surface area contributed by atoms with Gasteiger partial charge in [0.2, 0.25) is 10.0 Å². The number of aryl methyl sites for hydroxylation is 1. The molecule has 1 aromatic rings. The summed E-state index contributed by atoms with van der Waals surface area (Å²) in [5.41, 5.74) is 0.927. The van der Waals surface area contributed by atoms with Crippen LogP contribution in [0, 0.1) is 12.3 Å². The van der Waals surface area contributed by atoms with Gasteiger partial charge in [-0.1, -0.05) is 17.7 Å². The van der Waals surface area contributed by atoms with Crippen molar-refractivity contribution in [1.82, 2.24) is 15.4 Å². The third-order valence-corrected chi connectivity index (χ3v) is 6.20. The number of guanidine groups is 1. The van der Waals surface area contributed by atoms with Crippen molar-refractivity contribution in [2.24, 2.45) is 10.4 Å². The van der Waals surface area contributed by atoms with Gasteiger partial charge in [-0.15, -0.1) is 24.0 Å². The summed E-state index contributed by atoms with van der Waals surface area (Å²) in [5, 5.41) is 15.6. The van der Waals surface area contributed by atoms with Gasteiger partial charge in [0.15, 0.2) is 5.96 Å².